The van der Waals surface area contributed by atoms with E-state index in [1.807, 2.05) is 48.5 Å². The number of rotatable bonds is 4. The number of aromatic nitrogens is 1. The van der Waals surface area contributed by atoms with E-state index in [-0.39, 0.29) is 17.7 Å². The largest absolute Gasteiger partial charge is 0.457 e. The van der Waals surface area contributed by atoms with Crippen LogP contribution in [-0.2, 0) is 11.3 Å². The van der Waals surface area contributed by atoms with Gasteiger partial charge in [-0.2, -0.15) is 5.26 Å². The van der Waals surface area contributed by atoms with Gasteiger partial charge in [0, 0.05) is 11.1 Å². The molecule has 2 aromatic carbocycles. The highest BCUT2D eigenvalue weighted by Crippen LogP contribution is 2.28. The van der Waals surface area contributed by atoms with Crippen LogP contribution < -0.4 is 5.56 Å². The summed E-state index contributed by atoms with van der Waals surface area (Å²) in [5, 5.41) is 11.6. The lowest BCUT2D eigenvalue weighted by atomic mass is 10.1. The third-order valence-corrected chi connectivity index (χ3v) is 5.58. The van der Waals surface area contributed by atoms with E-state index >= 15 is 0 Å². The molecule has 0 aliphatic heterocycles. The summed E-state index contributed by atoms with van der Waals surface area (Å²) in [5.41, 5.74) is 1.04. The predicted octanol–water partition coefficient (Wildman–Crippen LogP) is 4.40. The molecule has 0 atom stereocenters. The smallest absolute Gasteiger partial charge is 0.341 e. The zero-order valence-electron chi connectivity index (χ0n) is 15.6. The molecule has 0 spiro atoms. The first-order chi connectivity index (χ1) is 14.2. The molecule has 0 saturated heterocycles. The van der Waals surface area contributed by atoms with Crippen molar-refractivity contribution in [3.05, 3.63) is 93.9 Å². The molecule has 0 aliphatic carbocycles. The topological polar surface area (TPSA) is 71.6 Å². The summed E-state index contributed by atoms with van der Waals surface area (Å²) in [6.45, 7) is 0.0913. The van der Waals surface area contributed by atoms with Crippen LogP contribution in [-0.4, -0.2) is 16.6 Å². The van der Waals surface area contributed by atoms with Gasteiger partial charge < -0.3 is 4.74 Å². The summed E-state index contributed by atoms with van der Waals surface area (Å²) < 4.78 is 6.95. The Morgan fingerprint density at radius 1 is 1.10 bits per heavy atom. The minimum absolute atomic E-state index is 0.0571. The van der Waals surface area contributed by atoms with Crippen LogP contribution in [0.25, 0.3) is 16.3 Å². The van der Waals surface area contributed by atoms with E-state index in [9.17, 15) is 14.9 Å². The highest BCUT2D eigenvalue weighted by Gasteiger charge is 2.23. The Balaban J connectivity index is 1.78. The lowest BCUT2D eigenvalue weighted by Crippen LogP contribution is -2.22. The maximum Gasteiger partial charge on any atom is 0.341 e. The number of nitrogens with zero attached hydrogens (tertiary/aromatic N) is 2. The molecule has 29 heavy (non-hydrogen) atoms. The van der Waals surface area contributed by atoms with Gasteiger partial charge in [-0.05, 0) is 34.7 Å². The van der Waals surface area contributed by atoms with Gasteiger partial charge in [0.05, 0.1) is 11.1 Å². The van der Waals surface area contributed by atoms with E-state index in [0.717, 1.165) is 16.3 Å². The fourth-order valence-corrected chi connectivity index (χ4v) is 4.15. The highest BCUT2D eigenvalue weighted by molar-refractivity contribution is 7.98. The zero-order chi connectivity index (χ0) is 20.4. The first kappa shape index (κ1) is 18.8. The van der Waals surface area contributed by atoms with Gasteiger partial charge in [0.15, 0.2) is 0 Å². The summed E-state index contributed by atoms with van der Waals surface area (Å²) in [6, 6.07) is 20.8. The number of ether oxygens (including phenoxy) is 1. The number of thioether (sulfide) groups is 1. The minimum Gasteiger partial charge on any atom is -0.457 e. The number of fused-ring (bicyclic) bond motifs is 2. The fourth-order valence-electron chi connectivity index (χ4n) is 3.42. The second-order valence-corrected chi connectivity index (χ2v) is 7.19. The molecule has 142 valence electrons. The summed E-state index contributed by atoms with van der Waals surface area (Å²) in [5.74, 6) is -0.567. The average Bonchev–Trinajstić information content (AvgIpc) is 2.77. The summed E-state index contributed by atoms with van der Waals surface area (Å²) >= 11 is 1.19. The number of carbonyl (C=O) groups excluding carboxylic acids is 1. The quantitative estimate of drug-likeness (QED) is 0.375. The molecule has 0 unspecified atom stereocenters. The van der Waals surface area contributed by atoms with Crippen LogP contribution >= 0.6 is 11.8 Å². The van der Waals surface area contributed by atoms with Crippen LogP contribution in [0.3, 0.4) is 0 Å². The third-order valence-electron chi connectivity index (χ3n) is 4.76. The predicted molar refractivity (Wildman–Crippen MR) is 113 cm³/mol. The van der Waals surface area contributed by atoms with Crippen molar-refractivity contribution in [2.75, 3.05) is 6.26 Å². The van der Waals surface area contributed by atoms with Gasteiger partial charge in [-0.15, -0.1) is 11.8 Å². The molecular weight excluding hydrogens is 384 g/mol. The Bertz CT molecular complexity index is 1350. The molecule has 6 heteroatoms. The van der Waals surface area contributed by atoms with E-state index in [1.54, 1.807) is 30.7 Å². The molecule has 2 heterocycles. The molecule has 0 saturated carbocycles. The van der Waals surface area contributed by atoms with E-state index in [1.165, 1.54) is 16.2 Å². The Morgan fingerprint density at radius 3 is 2.66 bits per heavy atom. The number of carbonyl (C=O) groups is 1. The Hall–Kier alpha value is -3.56. The van der Waals surface area contributed by atoms with Crippen LogP contribution in [0.1, 0.15) is 21.5 Å². The van der Waals surface area contributed by atoms with Gasteiger partial charge in [0.2, 0.25) is 0 Å². The molecule has 0 aliphatic rings. The van der Waals surface area contributed by atoms with Gasteiger partial charge in [-0.1, -0.05) is 48.5 Å². The maximum atomic E-state index is 13.1. The maximum absolute atomic E-state index is 13.1. The standard InChI is InChI=1S/C23H16N2O3S/c1-29-21-18(13-24)22(26)25-12-5-4-11-19(25)20(21)23(27)28-14-16-9-6-8-15-7-2-3-10-17(15)16/h2-12H,14H2,1H3. The molecule has 4 rings (SSSR count). The SMILES string of the molecule is CSc1c(C#N)c(=O)n2ccccc2c1C(=O)OCc1cccc2ccccc12. The van der Waals surface area contributed by atoms with Crippen molar-refractivity contribution in [2.45, 2.75) is 11.5 Å². The molecule has 5 nitrogen and oxygen atoms in total. The van der Waals surface area contributed by atoms with E-state index in [0.29, 0.717) is 10.4 Å². The number of nitriles is 1. The second-order valence-electron chi connectivity index (χ2n) is 6.37. The Kier molecular flexibility index (Phi) is 5.07. The van der Waals surface area contributed by atoms with Crippen LogP contribution in [0, 0.1) is 11.3 Å². The van der Waals surface area contributed by atoms with Gasteiger partial charge in [0.1, 0.15) is 18.2 Å². The first-order valence-electron chi connectivity index (χ1n) is 8.91. The first-order valence-corrected chi connectivity index (χ1v) is 10.1. The van der Waals surface area contributed by atoms with Crippen LogP contribution in [0.5, 0.6) is 0 Å². The summed E-state index contributed by atoms with van der Waals surface area (Å²) in [4.78, 5) is 26.0. The van der Waals surface area contributed by atoms with Crippen LogP contribution in [0.15, 0.2) is 76.6 Å². The van der Waals surface area contributed by atoms with Crippen molar-refractivity contribution >= 4 is 34.0 Å². The average molecular weight is 400 g/mol. The zero-order valence-corrected chi connectivity index (χ0v) is 16.4. The van der Waals surface area contributed by atoms with Crippen LogP contribution in [0.4, 0.5) is 0 Å². The Labute approximate surface area is 171 Å². The molecule has 0 N–H and O–H groups in total. The molecule has 4 aromatic rings. The number of benzene rings is 2. The van der Waals surface area contributed by atoms with Crippen molar-refractivity contribution in [1.29, 1.82) is 5.26 Å². The normalized spacial score (nSPS) is 10.8. The molecule has 0 bridgehead atoms. The van der Waals surface area contributed by atoms with Crippen LogP contribution in [0.2, 0.25) is 0 Å². The van der Waals surface area contributed by atoms with Crippen molar-refractivity contribution in [3.63, 3.8) is 0 Å². The number of hydrogen-bond donors (Lipinski definition) is 0. The molecule has 2 aromatic heterocycles. The van der Waals surface area contributed by atoms with Gasteiger partial charge >= 0.3 is 5.97 Å². The highest BCUT2D eigenvalue weighted by atomic mass is 32.2. The summed E-state index contributed by atoms with van der Waals surface area (Å²) in [7, 11) is 0. The number of hydrogen-bond acceptors (Lipinski definition) is 5. The number of pyridine rings is 2. The molecular formula is C23H16N2O3S. The van der Waals surface area contributed by atoms with E-state index in [4.69, 9.17) is 4.74 Å². The van der Waals surface area contributed by atoms with Crippen molar-refractivity contribution in [2.24, 2.45) is 0 Å². The monoisotopic (exact) mass is 400 g/mol. The van der Waals surface area contributed by atoms with Crippen molar-refractivity contribution in [1.82, 2.24) is 4.40 Å². The Morgan fingerprint density at radius 2 is 1.86 bits per heavy atom. The van der Waals surface area contributed by atoms with E-state index in [2.05, 4.69) is 0 Å². The number of esters is 1. The van der Waals surface area contributed by atoms with Gasteiger partial charge in [-0.25, -0.2) is 4.79 Å². The van der Waals surface area contributed by atoms with Crippen molar-refractivity contribution < 1.29 is 9.53 Å². The minimum atomic E-state index is -0.567. The van der Waals surface area contributed by atoms with Gasteiger partial charge in [-0.3, -0.25) is 9.20 Å². The van der Waals surface area contributed by atoms with E-state index < -0.39 is 11.5 Å². The van der Waals surface area contributed by atoms with Gasteiger partial charge in [0.25, 0.3) is 5.56 Å². The lowest BCUT2D eigenvalue weighted by Gasteiger charge is -2.14. The van der Waals surface area contributed by atoms with Crippen molar-refractivity contribution in [3.8, 4) is 6.07 Å². The summed E-state index contributed by atoms with van der Waals surface area (Å²) in [6.07, 6.45) is 3.28. The fraction of sp³-hybridized carbons (Fsp3) is 0.0870. The second kappa shape index (κ2) is 7.82. The molecule has 0 amide bonds. The third kappa shape index (κ3) is 3.26. The molecule has 0 radical (unpaired) electrons. The lowest BCUT2D eigenvalue weighted by molar-refractivity contribution is 0.0472. The molecule has 0 fully saturated rings.